The predicted molar refractivity (Wildman–Crippen MR) is 171 cm³/mol. The second-order valence-corrected chi connectivity index (χ2v) is 12.8. The monoisotopic (exact) mass is 679 g/mol. The maximum absolute atomic E-state index is 14.4. The zero-order valence-corrected chi connectivity index (χ0v) is 26.4. The third kappa shape index (κ3) is 7.23. The number of carbonyl (C=O) groups is 2. The number of nitrogens with one attached hydrogen (secondary N) is 1. The van der Waals surface area contributed by atoms with Crippen molar-refractivity contribution in [2.24, 2.45) is 0 Å². The van der Waals surface area contributed by atoms with Crippen LogP contribution >= 0.6 is 15.9 Å². The Morgan fingerprint density at radius 2 is 1.64 bits per heavy atom. The topological polar surface area (TPSA) is 82.1 Å². The number of amides is 2. The summed E-state index contributed by atoms with van der Waals surface area (Å²) in [4.78, 5) is 30.2. The lowest BCUT2D eigenvalue weighted by molar-refractivity contribution is -0.128. The van der Waals surface area contributed by atoms with Crippen molar-refractivity contribution in [1.29, 1.82) is 0 Å². The van der Waals surface area contributed by atoms with E-state index in [1.54, 1.807) is 18.2 Å². The largest absolute Gasteiger partial charge is 0.492 e. The molecule has 3 aromatic rings. The van der Waals surface area contributed by atoms with Crippen LogP contribution in [0, 0.1) is 11.6 Å². The average molecular weight is 681 g/mol. The van der Waals surface area contributed by atoms with Crippen molar-refractivity contribution in [3.05, 3.63) is 105 Å². The van der Waals surface area contributed by atoms with E-state index in [1.165, 1.54) is 29.2 Å². The van der Waals surface area contributed by atoms with Gasteiger partial charge in [-0.1, -0.05) is 36.4 Å². The number of piperazine rings is 1. The highest BCUT2D eigenvalue weighted by Gasteiger charge is 2.46. The number of halogens is 3. The van der Waals surface area contributed by atoms with Crippen molar-refractivity contribution >= 4 is 33.5 Å². The molecule has 2 N–H and O–H groups in total. The highest BCUT2D eigenvalue weighted by molar-refractivity contribution is 9.10. The Labute approximate surface area is 270 Å². The Morgan fingerprint density at radius 1 is 0.956 bits per heavy atom. The molecule has 1 saturated heterocycles. The maximum Gasteiger partial charge on any atom is 0.408 e. The Balaban J connectivity index is 1.22. The van der Waals surface area contributed by atoms with Crippen molar-refractivity contribution in [1.82, 2.24) is 15.1 Å². The summed E-state index contributed by atoms with van der Waals surface area (Å²) in [6, 6.07) is 18.1. The third-order valence-corrected chi connectivity index (χ3v) is 9.52. The van der Waals surface area contributed by atoms with Gasteiger partial charge in [-0.05, 0) is 101 Å². The Kier molecular flexibility index (Phi) is 9.51. The minimum atomic E-state index is -1.01. The second-order valence-electron chi connectivity index (χ2n) is 11.9. The molecular weight excluding hydrogens is 644 g/mol. The van der Waals surface area contributed by atoms with Crippen molar-refractivity contribution in [3.8, 4) is 5.75 Å². The van der Waals surface area contributed by atoms with Gasteiger partial charge in [-0.25, -0.2) is 13.6 Å². The second kappa shape index (κ2) is 13.7. The number of carboxylic acid groups (broad SMARTS) is 1. The molecule has 2 aliphatic heterocycles. The number of carbonyl (C=O) groups excluding carboxylic acids is 1. The van der Waals surface area contributed by atoms with E-state index in [1.807, 2.05) is 29.2 Å². The van der Waals surface area contributed by atoms with Crippen molar-refractivity contribution in [2.75, 3.05) is 26.2 Å². The van der Waals surface area contributed by atoms with Crippen molar-refractivity contribution < 1.29 is 28.2 Å². The van der Waals surface area contributed by atoms with Gasteiger partial charge in [0.25, 0.3) is 5.91 Å². The lowest BCUT2D eigenvalue weighted by Gasteiger charge is -2.47. The van der Waals surface area contributed by atoms with E-state index >= 15 is 0 Å². The molecule has 2 bridgehead atoms. The fourth-order valence-electron chi connectivity index (χ4n) is 6.44. The molecule has 236 valence electrons. The van der Waals surface area contributed by atoms with E-state index in [0.29, 0.717) is 54.9 Å². The van der Waals surface area contributed by atoms with Crippen LogP contribution in [-0.2, 0) is 17.6 Å². The Hall–Kier alpha value is -3.76. The molecule has 3 aromatic carbocycles. The van der Waals surface area contributed by atoms with Gasteiger partial charge in [0, 0.05) is 37.3 Å². The van der Waals surface area contributed by atoms with Crippen molar-refractivity contribution in [2.45, 2.75) is 56.7 Å². The first-order valence-electron chi connectivity index (χ1n) is 15.5. The molecular formula is C35H36BrF2N3O4. The minimum absolute atomic E-state index is 0.113. The summed E-state index contributed by atoms with van der Waals surface area (Å²) < 4.78 is 33.5. The highest BCUT2D eigenvalue weighted by atomic mass is 79.9. The van der Waals surface area contributed by atoms with Crippen LogP contribution < -0.4 is 10.1 Å². The molecule has 2 heterocycles. The molecule has 1 saturated carbocycles. The van der Waals surface area contributed by atoms with Gasteiger partial charge in [0.1, 0.15) is 17.4 Å². The normalized spacial score (nSPS) is 19.4. The minimum Gasteiger partial charge on any atom is -0.492 e. The molecule has 2 fully saturated rings. The summed E-state index contributed by atoms with van der Waals surface area (Å²) in [5.41, 5.74) is 4.45. The van der Waals surface area contributed by atoms with Gasteiger partial charge in [0.05, 0.1) is 23.2 Å². The van der Waals surface area contributed by atoms with E-state index in [9.17, 15) is 23.5 Å². The molecule has 45 heavy (non-hydrogen) atoms. The van der Waals surface area contributed by atoms with E-state index in [4.69, 9.17) is 4.74 Å². The summed E-state index contributed by atoms with van der Waals surface area (Å²) in [6.07, 6.45) is 3.36. The average Bonchev–Trinajstić information content (AvgIpc) is 3.87. The summed E-state index contributed by atoms with van der Waals surface area (Å²) in [5, 5.41) is 13.5. The Morgan fingerprint density at radius 3 is 2.36 bits per heavy atom. The molecule has 6 rings (SSSR count). The third-order valence-electron chi connectivity index (χ3n) is 8.86. The number of aryl methyl sites for hydroxylation is 1. The molecule has 0 spiro atoms. The van der Waals surface area contributed by atoms with E-state index < -0.39 is 12.1 Å². The van der Waals surface area contributed by atoms with Crippen LogP contribution in [0.15, 0.2) is 76.8 Å². The fourth-order valence-corrected chi connectivity index (χ4v) is 6.80. The highest BCUT2D eigenvalue weighted by Crippen LogP contribution is 2.39. The van der Waals surface area contributed by atoms with Crippen LogP contribution in [0.25, 0.3) is 5.57 Å². The van der Waals surface area contributed by atoms with Crippen LogP contribution in [-0.4, -0.2) is 71.3 Å². The lowest BCUT2D eigenvalue weighted by atomic mass is 9.81. The van der Waals surface area contributed by atoms with Gasteiger partial charge in [0.15, 0.2) is 0 Å². The van der Waals surface area contributed by atoms with Crippen LogP contribution in [0.3, 0.4) is 0 Å². The maximum atomic E-state index is 14.4. The summed E-state index contributed by atoms with van der Waals surface area (Å²) in [7, 11) is 0. The fraction of sp³-hybridized carbons (Fsp3) is 0.371. The molecule has 10 heteroatoms. The first kappa shape index (κ1) is 31.2. The van der Waals surface area contributed by atoms with Gasteiger partial charge in [-0.2, -0.15) is 0 Å². The van der Waals surface area contributed by atoms with Crippen LogP contribution in [0.1, 0.15) is 42.4 Å². The summed E-state index contributed by atoms with van der Waals surface area (Å²) in [5.74, 6) is -0.286. The van der Waals surface area contributed by atoms with Gasteiger partial charge in [0.2, 0.25) is 0 Å². The van der Waals surface area contributed by atoms with E-state index in [2.05, 4.69) is 21.2 Å². The molecule has 1 aliphatic carbocycles. The summed E-state index contributed by atoms with van der Waals surface area (Å²) >= 11 is 3.38. The van der Waals surface area contributed by atoms with Gasteiger partial charge >= 0.3 is 6.09 Å². The van der Waals surface area contributed by atoms with Gasteiger partial charge in [-0.3, -0.25) is 9.69 Å². The van der Waals surface area contributed by atoms with E-state index in [0.717, 1.165) is 47.9 Å². The first-order chi connectivity index (χ1) is 21.8. The van der Waals surface area contributed by atoms with Crippen LogP contribution in [0.5, 0.6) is 5.75 Å². The molecule has 3 aliphatic rings. The SMILES string of the molecule is O=C(C1=C(c2ccc(CCCOc3cc(F)ccc3Br)cc2)C[C@@H]2CNC[C@H]1N2C(=O)O)N(CCc1ccc(F)cc1)C1CC1. The standard InChI is InChI=1S/C35H36BrF2N3O4/c36-30-14-11-26(38)18-32(30)45-17-1-2-22-3-7-24(8-4-22)29-19-28-20-39-21-31(41(28)35(43)44)33(29)34(42)40(27-12-13-27)16-15-23-5-9-25(37)10-6-23/h3-11,14,18,27-28,31,39H,1-2,12-13,15-17,19-21H2,(H,43,44)/t28-,31-/m1/s1. The number of benzene rings is 3. The van der Waals surface area contributed by atoms with Gasteiger partial charge in [-0.15, -0.1) is 0 Å². The number of hydrogen-bond acceptors (Lipinski definition) is 4. The number of fused-ring (bicyclic) bond motifs is 2. The van der Waals surface area contributed by atoms with Gasteiger partial charge < -0.3 is 20.1 Å². The van der Waals surface area contributed by atoms with Crippen LogP contribution in [0.2, 0.25) is 0 Å². The number of rotatable bonds is 11. The van der Waals surface area contributed by atoms with Crippen LogP contribution in [0.4, 0.5) is 13.6 Å². The van der Waals surface area contributed by atoms with E-state index in [-0.39, 0.29) is 29.6 Å². The molecule has 2 amide bonds. The quantitative estimate of drug-likeness (QED) is 0.228. The number of nitrogens with zero attached hydrogens (tertiary/aromatic N) is 2. The molecule has 2 atom stereocenters. The Bertz CT molecular complexity index is 1580. The zero-order chi connectivity index (χ0) is 31.5. The summed E-state index contributed by atoms with van der Waals surface area (Å²) in [6.45, 7) is 1.83. The lowest BCUT2D eigenvalue weighted by Crippen LogP contribution is -2.63. The smallest absolute Gasteiger partial charge is 0.408 e. The molecule has 7 nitrogen and oxygen atoms in total. The number of ether oxygens (including phenoxy) is 1. The van der Waals surface area contributed by atoms with Crippen molar-refractivity contribution in [3.63, 3.8) is 0 Å². The predicted octanol–water partition coefficient (Wildman–Crippen LogP) is 6.45. The molecule has 0 aromatic heterocycles. The first-order valence-corrected chi connectivity index (χ1v) is 16.3. The molecule has 0 radical (unpaired) electrons. The number of hydrogen-bond donors (Lipinski definition) is 2. The molecule has 0 unspecified atom stereocenters. The zero-order valence-electron chi connectivity index (χ0n) is 24.9.